The average Bonchev–Trinajstić information content (AvgIpc) is 2.66. The number of hydrogen-bond acceptors (Lipinski definition) is 0. The van der Waals surface area contributed by atoms with Crippen LogP contribution in [0.5, 0.6) is 0 Å². The van der Waals surface area contributed by atoms with Gasteiger partial charge in [-0.15, -0.1) is 12.8 Å². The molecule has 1 fully saturated rings. The molecule has 6 heteroatoms. The van der Waals surface area contributed by atoms with E-state index in [-0.39, 0.29) is 11.1 Å². The summed E-state index contributed by atoms with van der Waals surface area (Å²) in [5, 5.41) is 0. The van der Waals surface area contributed by atoms with Gasteiger partial charge >= 0.3 is 11.8 Å². The standard InChI is InChI=1S/C20H10F6/c1-3-13-5-9-15(10-6-13)17(21)18(22,20(25,26)19(17,23)24)16-11-7-14(4-2)8-12-16/h1-2,5-12H. The van der Waals surface area contributed by atoms with E-state index in [9.17, 15) is 17.6 Å². The molecule has 132 valence electrons. The van der Waals surface area contributed by atoms with E-state index in [4.69, 9.17) is 12.8 Å². The van der Waals surface area contributed by atoms with Crippen molar-refractivity contribution >= 4 is 0 Å². The summed E-state index contributed by atoms with van der Waals surface area (Å²) in [6, 6.07) is 7.42. The maximum Gasteiger partial charge on any atom is 0.355 e. The van der Waals surface area contributed by atoms with Crippen LogP contribution < -0.4 is 0 Å². The van der Waals surface area contributed by atoms with Gasteiger partial charge in [0.25, 0.3) is 0 Å². The molecule has 1 aliphatic rings. The molecule has 2 atom stereocenters. The molecule has 0 spiro atoms. The minimum atomic E-state index is -5.27. The predicted octanol–water partition coefficient (Wildman–Crippen LogP) is 4.96. The van der Waals surface area contributed by atoms with Gasteiger partial charge in [0.1, 0.15) is 0 Å². The molecule has 0 aromatic heterocycles. The Morgan fingerprint density at radius 2 is 0.808 bits per heavy atom. The molecule has 0 N–H and O–H groups in total. The maximum atomic E-state index is 15.4. The monoisotopic (exact) mass is 364 g/mol. The van der Waals surface area contributed by atoms with Crippen LogP contribution in [0.4, 0.5) is 26.3 Å². The lowest BCUT2D eigenvalue weighted by atomic mass is 9.55. The molecule has 0 bridgehead atoms. The lowest BCUT2D eigenvalue weighted by molar-refractivity contribution is -0.451. The van der Waals surface area contributed by atoms with E-state index in [1.807, 2.05) is 0 Å². The Morgan fingerprint density at radius 3 is 1.04 bits per heavy atom. The Morgan fingerprint density at radius 1 is 0.538 bits per heavy atom. The van der Waals surface area contributed by atoms with Gasteiger partial charge in [-0.2, -0.15) is 17.6 Å². The molecule has 0 amide bonds. The Balaban J connectivity index is 2.23. The van der Waals surface area contributed by atoms with Gasteiger partial charge in [0.15, 0.2) is 0 Å². The first-order valence-electron chi connectivity index (χ1n) is 7.35. The number of terminal acetylenes is 2. The quantitative estimate of drug-likeness (QED) is 0.522. The highest BCUT2D eigenvalue weighted by Gasteiger charge is 2.98. The lowest BCUT2D eigenvalue weighted by Gasteiger charge is -2.58. The summed E-state index contributed by atoms with van der Waals surface area (Å²) < 4.78 is 87.2. The summed E-state index contributed by atoms with van der Waals surface area (Å²) in [4.78, 5) is 0. The third-order valence-electron chi connectivity index (χ3n) is 4.63. The fourth-order valence-electron chi connectivity index (χ4n) is 3.16. The number of benzene rings is 2. The molecule has 0 radical (unpaired) electrons. The molecule has 26 heavy (non-hydrogen) atoms. The van der Waals surface area contributed by atoms with Crippen molar-refractivity contribution in [3.05, 3.63) is 70.8 Å². The summed E-state index contributed by atoms with van der Waals surface area (Å²) in [5.41, 5.74) is -10.0. The zero-order valence-corrected chi connectivity index (χ0v) is 13.0. The molecule has 2 aromatic rings. The van der Waals surface area contributed by atoms with Crippen LogP contribution in [0.3, 0.4) is 0 Å². The second kappa shape index (κ2) is 5.32. The molecule has 0 aliphatic heterocycles. The van der Waals surface area contributed by atoms with Crippen LogP contribution in [0.1, 0.15) is 22.3 Å². The van der Waals surface area contributed by atoms with Gasteiger partial charge in [-0.3, -0.25) is 0 Å². The summed E-state index contributed by atoms with van der Waals surface area (Å²) in [6.45, 7) is 0. The number of hydrogen-bond donors (Lipinski definition) is 0. The third-order valence-corrected chi connectivity index (χ3v) is 4.63. The SMILES string of the molecule is C#Cc1ccc(C2(F)C(F)(F)C(F)(F)C2(F)c2ccc(C#C)cc2)cc1. The fraction of sp³-hybridized carbons (Fsp3) is 0.200. The molecule has 0 nitrogen and oxygen atoms in total. The van der Waals surface area contributed by atoms with Gasteiger partial charge in [-0.05, 0) is 35.4 Å². The van der Waals surface area contributed by atoms with Crippen molar-refractivity contribution in [2.24, 2.45) is 0 Å². The minimum absolute atomic E-state index is 0.203. The van der Waals surface area contributed by atoms with E-state index in [1.165, 1.54) is 0 Å². The van der Waals surface area contributed by atoms with Crippen LogP contribution in [0.25, 0.3) is 0 Å². The van der Waals surface area contributed by atoms with Crippen molar-refractivity contribution in [3.8, 4) is 24.7 Å². The molecule has 3 rings (SSSR count). The van der Waals surface area contributed by atoms with Crippen molar-refractivity contribution in [2.45, 2.75) is 23.2 Å². The zero-order chi connectivity index (χ0) is 19.4. The fourth-order valence-corrected chi connectivity index (χ4v) is 3.16. The van der Waals surface area contributed by atoms with Gasteiger partial charge in [-0.1, -0.05) is 36.1 Å². The summed E-state index contributed by atoms with van der Waals surface area (Å²) >= 11 is 0. The average molecular weight is 364 g/mol. The molecule has 1 saturated carbocycles. The smallest absolute Gasteiger partial charge is 0.227 e. The third kappa shape index (κ3) is 1.79. The van der Waals surface area contributed by atoms with Crippen molar-refractivity contribution in [3.63, 3.8) is 0 Å². The van der Waals surface area contributed by atoms with E-state index in [1.54, 1.807) is 0 Å². The molecule has 0 heterocycles. The lowest BCUT2D eigenvalue weighted by Crippen LogP contribution is -2.82. The van der Waals surface area contributed by atoms with Gasteiger partial charge in [0.05, 0.1) is 0 Å². The normalized spacial score (nSPS) is 28.5. The number of rotatable bonds is 2. The Bertz CT molecular complexity index is 851. The summed E-state index contributed by atoms with van der Waals surface area (Å²) in [5.74, 6) is -6.19. The highest BCUT2D eigenvalue weighted by atomic mass is 19.3. The largest absolute Gasteiger partial charge is 0.355 e. The van der Waals surface area contributed by atoms with Gasteiger partial charge in [0.2, 0.25) is 11.3 Å². The van der Waals surface area contributed by atoms with Crippen molar-refractivity contribution < 1.29 is 26.3 Å². The van der Waals surface area contributed by atoms with Crippen molar-refractivity contribution in [1.82, 2.24) is 0 Å². The van der Waals surface area contributed by atoms with Crippen LogP contribution in [0.2, 0.25) is 0 Å². The molecule has 2 aromatic carbocycles. The molecule has 1 aliphatic carbocycles. The van der Waals surface area contributed by atoms with Gasteiger partial charge in [-0.25, -0.2) is 8.78 Å². The van der Waals surface area contributed by atoms with Crippen LogP contribution in [0, 0.1) is 24.7 Å². The molecular weight excluding hydrogens is 354 g/mol. The van der Waals surface area contributed by atoms with E-state index in [0.717, 1.165) is 48.5 Å². The van der Waals surface area contributed by atoms with E-state index < -0.39 is 34.3 Å². The van der Waals surface area contributed by atoms with E-state index in [2.05, 4.69) is 11.8 Å². The topological polar surface area (TPSA) is 0 Å². The predicted molar refractivity (Wildman–Crippen MR) is 84.2 cm³/mol. The summed E-state index contributed by atoms with van der Waals surface area (Å²) in [7, 11) is 0. The second-order valence-corrected chi connectivity index (χ2v) is 5.91. The first-order valence-corrected chi connectivity index (χ1v) is 7.35. The van der Waals surface area contributed by atoms with Crippen molar-refractivity contribution in [1.29, 1.82) is 0 Å². The van der Waals surface area contributed by atoms with Crippen LogP contribution in [0.15, 0.2) is 48.5 Å². The first-order chi connectivity index (χ1) is 12.1. The Labute approximate surface area is 145 Å². The second-order valence-electron chi connectivity index (χ2n) is 5.91. The first kappa shape index (κ1) is 17.9. The van der Waals surface area contributed by atoms with E-state index in [0.29, 0.717) is 0 Å². The van der Waals surface area contributed by atoms with Crippen LogP contribution in [-0.4, -0.2) is 11.8 Å². The Kier molecular flexibility index (Phi) is 3.67. The zero-order valence-electron chi connectivity index (χ0n) is 13.0. The van der Waals surface area contributed by atoms with Crippen LogP contribution in [-0.2, 0) is 11.3 Å². The molecule has 0 saturated heterocycles. The number of halogens is 6. The highest BCUT2D eigenvalue weighted by molar-refractivity contribution is 5.50. The van der Waals surface area contributed by atoms with E-state index >= 15 is 8.78 Å². The van der Waals surface area contributed by atoms with Gasteiger partial charge < -0.3 is 0 Å². The Hall–Kier alpha value is -2.86. The molecule has 2 unspecified atom stereocenters. The highest BCUT2D eigenvalue weighted by Crippen LogP contribution is 2.76. The maximum absolute atomic E-state index is 15.4. The molecular formula is C20H10F6. The van der Waals surface area contributed by atoms with Gasteiger partial charge in [0, 0.05) is 11.1 Å². The summed E-state index contributed by atoms with van der Waals surface area (Å²) in [6.07, 6.45) is 10.2. The van der Waals surface area contributed by atoms with Crippen LogP contribution >= 0.6 is 0 Å². The minimum Gasteiger partial charge on any atom is -0.227 e. The van der Waals surface area contributed by atoms with Crippen molar-refractivity contribution in [2.75, 3.05) is 0 Å². The number of alkyl halides is 6.